The van der Waals surface area contributed by atoms with E-state index in [0.29, 0.717) is 30.8 Å². The van der Waals surface area contributed by atoms with Gasteiger partial charge in [0.2, 0.25) is 0 Å². The summed E-state index contributed by atoms with van der Waals surface area (Å²) in [5.41, 5.74) is 9.12. The van der Waals surface area contributed by atoms with Gasteiger partial charge in [-0.2, -0.15) is 5.10 Å². The van der Waals surface area contributed by atoms with Gasteiger partial charge in [0.15, 0.2) is 0 Å². The molecule has 10 nitrogen and oxygen atoms in total. The molecule has 3 heterocycles. The van der Waals surface area contributed by atoms with Crippen LogP contribution >= 0.6 is 0 Å². The first-order valence-electron chi connectivity index (χ1n) is 13.8. The van der Waals surface area contributed by atoms with Gasteiger partial charge in [0.25, 0.3) is 0 Å². The summed E-state index contributed by atoms with van der Waals surface area (Å²) < 4.78 is 46.8. The van der Waals surface area contributed by atoms with E-state index in [2.05, 4.69) is 27.3 Å². The summed E-state index contributed by atoms with van der Waals surface area (Å²) in [5, 5.41) is 7.43. The normalized spacial score (nSPS) is 20.4. The molecular weight excluding hydrogens is 546 g/mol. The molecule has 0 unspecified atom stereocenters. The molecule has 1 aromatic carbocycles. The fourth-order valence-electron chi connectivity index (χ4n) is 5.75. The van der Waals surface area contributed by atoms with Crippen LogP contribution in [0.5, 0.6) is 5.75 Å². The Morgan fingerprint density at radius 1 is 1.12 bits per heavy atom. The number of methoxy groups -OCH3 is 2. The van der Waals surface area contributed by atoms with Gasteiger partial charge in [-0.3, -0.25) is 4.98 Å². The van der Waals surface area contributed by atoms with Crippen LogP contribution in [0.4, 0.5) is 13.6 Å². The van der Waals surface area contributed by atoms with Crippen molar-refractivity contribution in [3.63, 3.8) is 0 Å². The Labute approximate surface area is 242 Å². The molecule has 0 radical (unpaired) electrons. The first kappa shape index (κ1) is 29.3. The van der Waals surface area contributed by atoms with Crippen LogP contribution in [0.1, 0.15) is 42.6 Å². The predicted molar refractivity (Wildman–Crippen MR) is 151 cm³/mol. The minimum absolute atomic E-state index is 0.0726. The van der Waals surface area contributed by atoms with Crippen molar-refractivity contribution in [3.8, 4) is 17.0 Å². The van der Waals surface area contributed by atoms with Crippen LogP contribution in [0.3, 0.4) is 0 Å². The highest BCUT2D eigenvalue weighted by Gasteiger charge is 2.36. The number of nitrogens with two attached hydrogens (primary N) is 1. The van der Waals surface area contributed by atoms with Crippen LogP contribution in [0.2, 0.25) is 0 Å². The summed E-state index contributed by atoms with van der Waals surface area (Å²) in [7, 11) is 2.85. The van der Waals surface area contributed by atoms with E-state index in [1.54, 1.807) is 35.2 Å². The van der Waals surface area contributed by atoms with E-state index in [9.17, 15) is 4.79 Å². The third kappa shape index (κ3) is 6.19. The first-order valence-corrected chi connectivity index (χ1v) is 13.8. The summed E-state index contributed by atoms with van der Waals surface area (Å²) in [5.74, 6) is -0.632. The number of nitrogens with one attached hydrogen (secondary N) is 1. The van der Waals surface area contributed by atoms with Crippen LogP contribution in [0.15, 0.2) is 48.9 Å². The lowest BCUT2D eigenvalue weighted by Gasteiger charge is -2.39. The molecule has 12 heteroatoms. The molecule has 0 spiro atoms. The average molecular weight is 581 g/mol. The number of halogens is 2. The minimum atomic E-state index is -0.784. The molecule has 222 valence electrons. The Kier molecular flexibility index (Phi) is 8.93. The summed E-state index contributed by atoms with van der Waals surface area (Å²) in [4.78, 5) is 20.7. The minimum Gasteiger partial charge on any atom is -0.491 e. The largest absolute Gasteiger partial charge is 0.491 e. The molecule has 5 rings (SSSR count). The van der Waals surface area contributed by atoms with E-state index in [0.717, 1.165) is 29.7 Å². The maximum Gasteiger partial charge on any atom is 0.407 e. The number of amides is 1. The Hall–Kier alpha value is -4.16. The van der Waals surface area contributed by atoms with Gasteiger partial charge >= 0.3 is 6.09 Å². The second-order valence-electron chi connectivity index (χ2n) is 10.6. The number of aromatic nitrogens is 4. The number of hydrogen-bond donors (Lipinski definition) is 2. The van der Waals surface area contributed by atoms with Crippen molar-refractivity contribution in [1.82, 2.24) is 24.9 Å². The molecule has 1 aliphatic rings. The van der Waals surface area contributed by atoms with E-state index in [4.69, 9.17) is 19.9 Å². The number of ether oxygens (including phenoxy) is 3. The number of rotatable bonds is 9. The van der Waals surface area contributed by atoms with Crippen LogP contribution in [0, 0.1) is 17.6 Å². The maximum atomic E-state index is 15.1. The van der Waals surface area contributed by atoms with Gasteiger partial charge in [-0.15, -0.1) is 0 Å². The molecular formula is C30H34F2N6O4. The van der Waals surface area contributed by atoms with E-state index in [-0.39, 0.29) is 47.5 Å². The number of benzene rings is 1. The number of carbonyl (C=O) groups excluding carboxylic acids is 1. The van der Waals surface area contributed by atoms with Gasteiger partial charge in [0, 0.05) is 50.1 Å². The second-order valence-corrected chi connectivity index (χ2v) is 10.6. The lowest BCUT2D eigenvalue weighted by Crippen LogP contribution is -2.54. The number of pyridine rings is 1. The molecule has 1 amide bonds. The van der Waals surface area contributed by atoms with Gasteiger partial charge in [-0.05, 0) is 54.0 Å². The van der Waals surface area contributed by atoms with E-state index in [1.807, 2.05) is 6.07 Å². The smallest absolute Gasteiger partial charge is 0.407 e. The fourth-order valence-corrected chi connectivity index (χ4v) is 5.75. The molecule has 1 aliphatic carbocycles. The van der Waals surface area contributed by atoms with Crippen molar-refractivity contribution >= 4 is 11.6 Å². The van der Waals surface area contributed by atoms with Crippen molar-refractivity contribution in [3.05, 3.63) is 77.5 Å². The Morgan fingerprint density at radius 2 is 1.90 bits per heavy atom. The number of fused-ring (bicyclic) bond motifs is 1. The van der Waals surface area contributed by atoms with Gasteiger partial charge in [0.05, 0.1) is 36.7 Å². The number of hydrogen-bond acceptors (Lipinski definition) is 8. The van der Waals surface area contributed by atoms with Gasteiger partial charge in [-0.1, -0.05) is 6.92 Å². The number of nitrogens with zero attached hydrogens (tertiary/aromatic N) is 4. The quantitative estimate of drug-likeness (QED) is 0.282. The van der Waals surface area contributed by atoms with Crippen molar-refractivity contribution in [2.75, 3.05) is 27.4 Å². The molecule has 4 atom stereocenters. The summed E-state index contributed by atoms with van der Waals surface area (Å²) in [6, 6.07) is 7.11. The lowest BCUT2D eigenvalue weighted by atomic mass is 9.72. The second kappa shape index (κ2) is 12.8. The Morgan fingerprint density at radius 3 is 2.62 bits per heavy atom. The molecule has 0 bridgehead atoms. The average Bonchev–Trinajstić information content (AvgIpc) is 3.36. The van der Waals surface area contributed by atoms with Crippen molar-refractivity contribution < 1.29 is 27.8 Å². The molecule has 3 aromatic heterocycles. The summed E-state index contributed by atoms with van der Waals surface area (Å²) in [6.07, 6.45) is 6.62. The van der Waals surface area contributed by atoms with Crippen LogP contribution in [0.25, 0.3) is 16.8 Å². The first-order chi connectivity index (χ1) is 20.3. The molecule has 42 heavy (non-hydrogen) atoms. The highest BCUT2D eigenvalue weighted by atomic mass is 19.1. The Bertz CT molecular complexity index is 1530. The molecule has 0 saturated heterocycles. The van der Waals surface area contributed by atoms with E-state index in [1.165, 1.54) is 14.2 Å². The summed E-state index contributed by atoms with van der Waals surface area (Å²) in [6.45, 7) is 2.53. The van der Waals surface area contributed by atoms with E-state index >= 15 is 8.78 Å². The van der Waals surface area contributed by atoms with Crippen molar-refractivity contribution in [2.24, 2.45) is 11.7 Å². The third-order valence-corrected chi connectivity index (χ3v) is 7.77. The van der Waals surface area contributed by atoms with Crippen LogP contribution < -0.4 is 15.8 Å². The molecule has 1 fully saturated rings. The molecule has 1 saturated carbocycles. The Balaban J connectivity index is 1.40. The monoisotopic (exact) mass is 580 g/mol. The SMILES string of the molecule is COCCOc1cc(F)c(-c2ccc3cnc(Cc4cnccc4[C@H]4C[C@@H](N)[C@@H](NC(=O)OC)[C@@H](C)C4)n3n2)c(F)c1. The maximum absolute atomic E-state index is 15.1. The van der Waals surface area contributed by atoms with Crippen LogP contribution in [-0.4, -0.2) is 65.2 Å². The van der Waals surface area contributed by atoms with Gasteiger partial charge in [-0.25, -0.2) is 23.1 Å². The van der Waals surface area contributed by atoms with E-state index < -0.39 is 17.7 Å². The number of alkyl carbamates (subject to hydrolysis) is 1. The number of carbonyl (C=O) groups is 1. The highest BCUT2D eigenvalue weighted by molar-refractivity contribution is 5.67. The highest BCUT2D eigenvalue weighted by Crippen LogP contribution is 2.38. The molecule has 4 aromatic rings. The third-order valence-electron chi connectivity index (χ3n) is 7.77. The lowest BCUT2D eigenvalue weighted by molar-refractivity contribution is 0.146. The van der Waals surface area contributed by atoms with Crippen molar-refractivity contribution in [2.45, 2.75) is 44.2 Å². The predicted octanol–water partition coefficient (Wildman–Crippen LogP) is 4.25. The van der Waals surface area contributed by atoms with Crippen LogP contribution in [-0.2, 0) is 15.9 Å². The zero-order valence-electron chi connectivity index (χ0n) is 23.7. The van der Waals surface area contributed by atoms with Gasteiger partial charge in [0.1, 0.15) is 29.8 Å². The zero-order valence-corrected chi connectivity index (χ0v) is 23.7. The topological polar surface area (TPSA) is 126 Å². The molecule has 0 aliphatic heterocycles. The van der Waals surface area contributed by atoms with Crippen molar-refractivity contribution in [1.29, 1.82) is 0 Å². The molecule has 3 N–H and O–H groups in total. The zero-order chi connectivity index (χ0) is 29.8. The van der Waals surface area contributed by atoms with Gasteiger partial charge < -0.3 is 25.3 Å². The standard InChI is InChI=1S/C30H34F2N6O4/c1-17-10-18(11-25(33)29(17)36-30(39)41-3)22-6-7-34-15-19(22)12-27-35-16-20-4-5-26(37-38(20)27)28-23(31)13-21(14-24(28)32)42-9-8-40-2/h4-7,13-18,25,29H,8-12,33H2,1-3H3,(H,36,39)/t17-,18+,25+,29-/m0/s1. The fraction of sp³-hybridized carbons (Fsp3) is 0.400. The number of imidazole rings is 1. The summed E-state index contributed by atoms with van der Waals surface area (Å²) >= 11 is 0.